The average molecular weight is 437 g/mol. The molecule has 0 bridgehead atoms. The van der Waals surface area contributed by atoms with Crippen LogP contribution < -0.4 is 14.8 Å². The topological polar surface area (TPSA) is 85.2 Å². The summed E-state index contributed by atoms with van der Waals surface area (Å²) in [6.45, 7) is 3.52. The first-order valence-corrected chi connectivity index (χ1v) is 10.7. The molecule has 2 amide bonds. The molecule has 1 aliphatic heterocycles. The molecular formula is C24H28N4O4. The predicted molar refractivity (Wildman–Crippen MR) is 120 cm³/mol. The third-order valence-electron chi connectivity index (χ3n) is 5.86. The van der Waals surface area contributed by atoms with Crippen molar-refractivity contribution in [2.75, 3.05) is 27.3 Å². The van der Waals surface area contributed by atoms with Gasteiger partial charge in [0.1, 0.15) is 5.82 Å². The van der Waals surface area contributed by atoms with Crippen LogP contribution in [0.2, 0.25) is 0 Å². The van der Waals surface area contributed by atoms with E-state index in [4.69, 9.17) is 9.47 Å². The number of benzene rings is 1. The summed E-state index contributed by atoms with van der Waals surface area (Å²) in [5, 5.41) is 2.89. The first-order valence-electron chi connectivity index (χ1n) is 10.7. The number of ether oxygens (including phenoxy) is 2. The molecule has 8 heteroatoms. The Bertz CT molecular complexity index is 1150. The van der Waals surface area contributed by atoms with Crippen LogP contribution in [0.1, 0.15) is 40.3 Å². The van der Waals surface area contributed by atoms with E-state index in [1.54, 1.807) is 14.2 Å². The Balaban J connectivity index is 1.30. The monoisotopic (exact) mass is 436 g/mol. The van der Waals surface area contributed by atoms with Gasteiger partial charge in [-0.25, -0.2) is 4.98 Å². The lowest BCUT2D eigenvalue weighted by molar-refractivity contribution is -0.132. The minimum atomic E-state index is -0.220. The molecule has 8 nitrogen and oxygen atoms in total. The summed E-state index contributed by atoms with van der Waals surface area (Å²) < 4.78 is 12.6. The van der Waals surface area contributed by atoms with Gasteiger partial charge in [-0.1, -0.05) is 6.07 Å². The lowest BCUT2D eigenvalue weighted by atomic mass is 9.98. The molecule has 0 saturated heterocycles. The summed E-state index contributed by atoms with van der Waals surface area (Å²) in [7, 11) is 3.23. The van der Waals surface area contributed by atoms with Crippen molar-refractivity contribution in [1.29, 1.82) is 0 Å². The van der Waals surface area contributed by atoms with E-state index in [0.29, 0.717) is 49.7 Å². The van der Waals surface area contributed by atoms with E-state index in [1.165, 1.54) is 5.56 Å². The van der Waals surface area contributed by atoms with Crippen molar-refractivity contribution in [3.05, 3.63) is 59.2 Å². The summed E-state index contributed by atoms with van der Waals surface area (Å²) in [6, 6.07) is 9.60. The molecular weight excluding hydrogens is 408 g/mol. The van der Waals surface area contributed by atoms with Crippen LogP contribution in [0.25, 0.3) is 5.52 Å². The first kappa shape index (κ1) is 21.7. The highest BCUT2D eigenvalue weighted by Gasteiger charge is 2.23. The van der Waals surface area contributed by atoms with Crippen molar-refractivity contribution >= 4 is 17.3 Å². The Hall–Kier alpha value is -3.55. The quantitative estimate of drug-likeness (QED) is 0.576. The fourth-order valence-corrected chi connectivity index (χ4v) is 4.14. The van der Waals surface area contributed by atoms with Crippen molar-refractivity contribution in [1.82, 2.24) is 19.6 Å². The molecule has 0 fully saturated rings. The van der Waals surface area contributed by atoms with Gasteiger partial charge in [-0.2, -0.15) is 0 Å². The molecule has 1 aliphatic rings. The second-order valence-electron chi connectivity index (χ2n) is 7.86. The molecule has 0 radical (unpaired) electrons. The van der Waals surface area contributed by atoms with Crippen molar-refractivity contribution in [2.24, 2.45) is 0 Å². The van der Waals surface area contributed by atoms with Gasteiger partial charge < -0.3 is 24.1 Å². The number of hydrogen-bond donors (Lipinski definition) is 1. The SMILES string of the molecule is COc1cc2c(cc1OC)CN(C(=O)CCCNC(=O)c1nc(C)n3ccccc13)CC2. The zero-order valence-electron chi connectivity index (χ0n) is 18.7. The van der Waals surface area contributed by atoms with Crippen LogP contribution in [0, 0.1) is 6.92 Å². The van der Waals surface area contributed by atoms with Gasteiger partial charge in [0.05, 0.1) is 19.7 Å². The molecule has 1 N–H and O–H groups in total. The van der Waals surface area contributed by atoms with E-state index < -0.39 is 0 Å². The summed E-state index contributed by atoms with van der Waals surface area (Å²) >= 11 is 0. The normalized spacial score (nSPS) is 13.0. The fraction of sp³-hybridized carbons (Fsp3) is 0.375. The Morgan fingerprint density at radius 3 is 2.62 bits per heavy atom. The maximum atomic E-state index is 12.7. The lowest BCUT2D eigenvalue weighted by Crippen LogP contribution is -2.36. The van der Waals surface area contributed by atoms with E-state index in [1.807, 2.05) is 52.8 Å². The first-order chi connectivity index (χ1) is 15.5. The number of carbonyl (C=O) groups excluding carboxylic acids is 2. The summed E-state index contributed by atoms with van der Waals surface area (Å²) in [5.74, 6) is 2.01. The molecule has 4 rings (SSSR count). The van der Waals surface area contributed by atoms with Crippen LogP contribution in [0.15, 0.2) is 36.5 Å². The van der Waals surface area contributed by atoms with Gasteiger partial charge in [0.25, 0.3) is 5.91 Å². The fourth-order valence-electron chi connectivity index (χ4n) is 4.14. The third kappa shape index (κ3) is 4.26. The number of aryl methyl sites for hydroxylation is 1. The van der Waals surface area contributed by atoms with Gasteiger partial charge in [-0.3, -0.25) is 9.59 Å². The van der Waals surface area contributed by atoms with E-state index in [0.717, 1.165) is 23.3 Å². The minimum Gasteiger partial charge on any atom is -0.493 e. The zero-order chi connectivity index (χ0) is 22.7. The number of hydrogen-bond acceptors (Lipinski definition) is 5. The predicted octanol–water partition coefficient (Wildman–Crippen LogP) is 2.75. The molecule has 1 aromatic carbocycles. The van der Waals surface area contributed by atoms with Gasteiger partial charge in [0.15, 0.2) is 17.2 Å². The maximum Gasteiger partial charge on any atom is 0.272 e. The maximum absolute atomic E-state index is 12.7. The number of nitrogens with one attached hydrogen (secondary N) is 1. The van der Waals surface area contributed by atoms with Gasteiger partial charge in [-0.15, -0.1) is 0 Å². The number of methoxy groups -OCH3 is 2. The Kier molecular flexibility index (Phi) is 6.30. The van der Waals surface area contributed by atoms with E-state index in [2.05, 4.69) is 10.3 Å². The molecule has 0 unspecified atom stereocenters. The summed E-state index contributed by atoms with van der Waals surface area (Å²) in [4.78, 5) is 31.5. The molecule has 0 aliphatic carbocycles. The molecule has 0 spiro atoms. The highest BCUT2D eigenvalue weighted by Crippen LogP contribution is 2.33. The molecule has 2 aromatic heterocycles. The van der Waals surface area contributed by atoms with Crippen LogP contribution in [0.3, 0.4) is 0 Å². The molecule has 3 aromatic rings. The van der Waals surface area contributed by atoms with E-state index in [-0.39, 0.29) is 11.8 Å². The highest BCUT2D eigenvalue weighted by atomic mass is 16.5. The van der Waals surface area contributed by atoms with Crippen LogP contribution in [0.5, 0.6) is 11.5 Å². The standard InChI is InChI=1S/C24H28N4O4/c1-16-26-23(19-7-4-5-11-28(16)19)24(30)25-10-6-8-22(29)27-12-9-17-13-20(31-2)21(32-3)14-18(17)15-27/h4-5,7,11,13-14H,6,8-10,12,15H2,1-3H3,(H,25,30). The third-order valence-corrected chi connectivity index (χ3v) is 5.86. The molecule has 0 atom stereocenters. The van der Waals surface area contributed by atoms with Crippen LogP contribution >= 0.6 is 0 Å². The van der Waals surface area contributed by atoms with E-state index in [9.17, 15) is 9.59 Å². The number of fused-ring (bicyclic) bond motifs is 2. The van der Waals surface area contributed by atoms with Crippen LogP contribution in [0.4, 0.5) is 0 Å². The number of rotatable bonds is 7. The Labute approximate surface area is 187 Å². The van der Waals surface area contributed by atoms with E-state index >= 15 is 0 Å². The van der Waals surface area contributed by atoms with Gasteiger partial charge >= 0.3 is 0 Å². The zero-order valence-corrected chi connectivity index (χ0v) is 18.7. The van der Waals surface area contributed by atoms with Crippen molar-refractivity contribution in [3.63, 3.8) is 0 Å². The van der Waals surface area contributed by atoms with Crippen molar-refractivity contribution in [3.8, 4) is 11.5 Å². The number of imidazole rings is 1. The summed E-state index contributed by atoms with van der Waals surface area (Å²) in [6.07, 6.45) is 3.62. The smallest absolute Gasteiger partial charge is 0.272 e. The number of nitrogens with zero attached hydrogens (tertiary/aromatic N) is 3. The average Bonchev–Trinajstić information content (AvgIpc) is 3.17. The lowest BCUT2D eigenvalue weighted by Gasteiger charge is -2.29. The van der Waals surface area contributed by atoms with Crippen LogP contribution in [-0.4, -0.2) is 53.4 Å². The molecule has 0 saturated carbocycles. The second kappa shape index (κ2) is 9.30. The molecule has 168 valence electrons. The van der Waals surface area contributed by atoms with Crippen molar-refractivity contribution in [2.45, 2.75) is 32.7 Å². The Morgan fingerprint density at radius 2 is 1.88 bits per heavy atom. The summed E-state index contributed by atoms with van der Waals surface area (Å²) in [5.41, 5.74) is 3.45. The molecule has 32 heavy (non-hydrogen) atoms. The highest BCUT2D eigenvalue weighted by molar-refractivity contribution is 5.99. The molecule has 3 heterocycles. The largest absolute Gasteiger partial charge is 0.493 e. The van der Waals surface area contributed by atoms with Gasteiger partial charge in [0.2, 0.25) is 5.91 Å². The minimum absolute atomic E-state index is 0.0861. The van der Waals surface area contributed by atoms with Gasteiger partial charge in [0, 0.05) is 32.3 Å². The number of aromatic nitrogens is 2. The van der Waals surface area contributed by atoms with Crippen LogP contribution in [-0.2, 0) is 17.8 Å². The second-order valence-corrected chi connectivity index (χ2v) is 7.86. The van der Waals surface area contributed by atoms with Crippen molar-refractivity contribution < 1.29 is 19.1 Å². The Morgan fingerprint density at radius 1 is 1.12 bits per heavy atom. The number of carbonyl (C=O) groups is 2. The number of amides is 2. The van der Waals surface area contributed by atoms with Gasteiger partial charge in [-0.05, 0) is 55.2 Å². The number of pyridine rings is 1.